The van der Waals surface area contributed by atoms with Gasteiger partial charge in [-0.05, 0) is 31.9 Å². The van der Waals surface area contributed by atoms with E-state index in [1.807, 2.05) is 19.1 Å². The molecule has 5 heteroatoms. The van der Waals surface area contributed by atoms with Crippen molar-refractivity contribution < 1.29 is 13.2 Å². The van der Waals surface area contributed by atoms with Crippen molar-refractivity contribution in [3.63, 3.8) is 0 Å². The van der Waals surface area contributed by atoms with E-state index in [2.05, 4.69) is 4.72 Å². The van der Waals surface area contributed by atoms with Crippen molar-refractivity contribution in [2.45, 2.75) is 49.6 Å². The molecule has 0 radical (unpaired) electrons. The molecule has 1 fully saturated rings. The molecule has 0 spiro atoms. The monoisotopic (exact) mass is 283 g/mol. The quantitative estimate of drug-likeness (QED) is 0.922. The molecule has 0 aromatic heterocycles. The SMILES string of the molecule is CO[C@H]1CCCC[C@@H]1NS(=O)(=O)c1ccc(C)cc1. The highest BCUT2D eigenvalue weighted by Crippen LogP contribution is 2.22. The van der Waals surface area contributed by atoms with E-state index in [0.717, 1.165) is 31.2 Å². The molecule has 0 aliphatic heterocycles. The molecule has 0 amide bonds. The maximum absolute atomic E-state index is 12.3. The first-order valence-electron chi connectivity index (χ1n) is 6.65. The summed E-state index contributed by atoms with van der Waals surface area (Å²) in [5, 5.41) is 0. The van der Waals surface area contributed by atoms with Gasteiger partial charge in [-0.2, -0.15) is 0 Å². The van der Waals surface area contributed by atoms with Gasteiger partial charge in [0.2, 0.25) is 10.0 Å². The summed E-state index contributed by atoms with van der Waals surface area (Å²) in [4.78, 5) is 0.318. The van der Waals surface area contributed by atoms with Crippen LogP contribution in [0, 0.1) is 6.92 Å². The third kappa shape index (κ3) is 3.55. The second-order valence-electron chi connectivity index (χ2n) is 5.10. The third-order valence-corrected chi connectivity index (χ3v) is 5.15. The van der Waals surface area contributed by atoms with Gasteiger partial charge in [0.05, 0.1) is 11.0 Å². The molecule has 19 heavy (non-hydrogen) atoms. The Balaban J connectivity index is 2.14. The van der Waals surface area contributed by atoms with Crippen molar-refractivity contribution in [3.8, 4) is 0 Å². The van der Waals surface area contributed by atoms with Crippen molar-refractivity contribution in [3.05, 3.63) is 29.8 Å². The molecule has 1 saturated carbocycles. The lowest BCUT2D eigenvalue weighted by Crippen LogP contribution is -2.45. The predicted octanol–water partition coefficient (Wildman–Crippen LogP) is 2.23. The lowest BCUT2D eigenvalue weighted by atomic mass is 9.93. The number of aryl methyl sites for hydroxylation is 1. The summed E-state index contributed by atoms with van der Waals surface area (Å²) in [6.07, 6.45) is 3.87. The highest BCUT2D eigenvalue weighted by atomic mass is 32.2. The summed E-state index contributed by atoms with van der Waals surface area (Å²) in [6.45, 7) is 1.94. The van der Waals surface area contributed by atoms with Crippen molar-refractivity contribution >= 4 is 10.0 Å². The molecule has 1 aliphatic rings. The van der Waals surface area contributed by atoms with Gasteiger partial charge in [-0.1, -0.05) is 30.5 Å². The van der Waals surface area contributed by atoms with E-state index in [9.17, 15) is 8.42 Å². The van der Waals surface area contributed by atoms with E-state index in [1.54, 1.807) is 19.2 Å². The topological polar surface area (TPSA) is 55.4 Å². The minimum atomic E-state index is -3.45. The molecule has 1 aliphatic carbocycles. The maximum Gasteiger partial charge on any atom is 0.240 e. The first-order valence-corrected chi connectivity index (χ1v) is 8.13. The minimum Gasteiger partial charge on any atom is -0.380 e. The average molecular weight is 283 g/mol. The Bertz CT molecular complexity index is 510. The number of hydrogen-bond donors (Lipinski definition) is 1. The van der Waals surface area contributed by atoms with E-state index >= 15 is 0 Å². The lowest BCUT2D eigenvalue weighted by molar-refractivity contribution is 0.0493. The molecule has 0 heterocycles. The highest BCUT2D eigenvalue weighted by Gasteiger charge is 2.29. The van der Waals surface area contributed by atoms with Crippen LogP contribution in [0.3, 0.4) is 0 Å². The van der Waals surface area contributed by atoms with Gasteiger partial charge >= 0.3 is 0 Å². The first kappa shape index (κ1) is 14.5. The van der Waals surface area contributed by atoms with Crippen molar-refractivity contribution in [1.82, 2.24) is 4.72 Å². The molecule has 2 atom stereocenters. The molecule has 0 unspecified atom stereocenters. The maximum atomic E-state index is 12.3. The van der Waals surface area contributed by atoms with Crippen LogP contribution in [0.4, 0.5) is 0 Å². The van der Waals surface area contributed by atoms with Crippen LogP contribution in [0.25, 0.3) is 0 Å². The lowest BCUT2D eigenvalue weighted by Gasteiger charge is -2.30. The van der Waals surface area contributed by atoms with Crippen LogP contribution in [0.1, 0.15) is 31.2 Å². The Labute approximate surface area is 115 Å². The van der Waals surface area contributed by atoms with E-state index in [1.165, 1.54) is 0 Å². The number of nitrogens with one attached hydrogen (secondary N) is 1. The standard InChI is InChI=1S/C14H21NO3S/c1-11-7-9-12(10-8-11)19(16,17)15-13-5-3-4-6-14(13)18-2/h7-10,13-15H,3-6H2,1-2H3/t13-,14-/m0/s1. The van der Waals surface area contributed by atoms with E-state index < -0.39 is 10.0 Å². The number of ether oxygens (including phenoxy) is 1. The van der Waals surface area contributed by atoms with Crippen LogP contribution in [-0.4, -0.2) is 27.7 Å². The number of benzene rings is 1. The minimum absolute atomic E-state index is 0.0195. The Hall–Kier alpha value is -0.910. The normalized spacial score (nSPS) is 24.3. The summed E-state index contributed by atoms with van der Waals surface area (Å²) in [5.74, 6) is 0. The van der Waals surface area contributed by atoms with Crippen LogP contribution < -0.4 is 4.72 Å². The van der Waals surface area contributed by atoms with Crippen LogP contribution >= 0.6 is 0 Å². The molecular weight excluding hydrogens is 262 g/mol. The molecule has 1 aromatic rings. The molecule has 4 nitrogen and oxygen atoms in total. The number of hydrogen-bond acceptors (Lipinski definition) is 3. The van der Waals surface area contributed by atoms with Gasteiger partial charge in [0.15, 0.2) is 0 Å². The predicted molar refractivity (Wildman–Crippen MR) is 74.6 cm³/mol. The summed E-state index contributed by atoms with van der Waals surface area (Å²) in [7, 11) is -1.81. The zero-order valence-electron chi connectivity index (χ0n) is 11.4. The average Bonchev–Trinajstić information content (AvgIpc) is 2.39. The van der Waals surface area contributed by atoms with Gasteiger partial charge in [0.1, 0.15) is 0 Å². The number of rotatable bonds is 4. The van der Waals surface area contributed by atoms with Crippen molar-refractivity contribution in [1.29, 1.82) is 0 Å². The van der Waals surface area contributed by atoms with Crippen molar-refractivity contribution in [2.24, 2.45) is 0 Å². The molecule has 0 bridgehead atoms. The summed E-state index contributed by atoms with van der Waals surface area (Å²) in [5.41, 5.74) is 1.05. The van der Waals surface area contributed by atoms with Crippen LogP contribution in [0.5, 0.6) is 0 Å². The van der Waals surface area contributed by atoms with Gasteiger partial charge in [-0.15, -0.1) is 0 Å². The molecular formula is C14H21NO3S. The molecule has 0 saturated heterocycles. The second kappa shape index (κ2) is 6.03. The second-order valence-corrected chi connectivity index (χ2v) is 6.81. The van der Waals surface area contributed by atoms with Gasteiger partial charge in [0, 0.05) is 13.2 Å². The fraction of sp³-hybridized carbons (Fsp3) is 0.571. The van der Waals surface area contributed by atoms with Gasteiger partial charge in [-0.25, -0.2) is 13.1 Å². The number of methoxy groups -OCH3 is 1. The first-order chi connectivity index (χ1) is 9.03. The molecule has 2 rings (SSSR count). The Morgan fingerprint density at radius 2 is 1.79 bits per heavy atom. The highest BCUT2D eigenvalue weighted by molar-refractivity contribution is 7.89. The number of sulfonamides is 1. The van der Waals surface area contributed by atoms with Crippen LogP contribution in [0.15, 0.2) is 29.2 Å². The Morgan fingerprint density at radius 3 is 2.42 bits per heavy atom. The van der Waals surface area contributed by atoms with Crippen molar-refractivity contribution in [2.75, 3.05) is 7.11 Å². The molecule has 1 aromatic carbocycles. The zero-order valence-corrected chi connectivity index (χ0v) is 12.2. The fourth-order valence-corrected chi connectivity index (χ4v) is 3.80. The fourth-order valence-electron chi connectivity index (χ4n) is 2.50. The van der Waals surface area contributed by atoms with E-state index in [-0.39, 0.29) is 12.1 Å². The Kier molecular flexibility index (Phi) is 4.60. The van der Waals surface area contributed by atoms with Crippen LogP contribution in [0.2, 0.25) is 0 Å². The van der Waals surface area contributed by atoms with Gasteiger partial charge < -0.3 is 4.74 Å². The molecule has 106 valence electrons. The summed E-state index contributed by atoms with van der Waals surface area (Å²) >= 11 is 0. The zero-order chi connectivity index (χ0) is 13.9. The summed E-state index contributed by atoms with van der Waals surface area (Å²) < 4.78 is 32.8. The Morgan fingerprint density at radius 1 is 1.16 bits per heavy atom. The van der Waals surface area contributed by atoms with Gasteiger partial charge in [-0.3, -0.25) is 0 Å². The van der Waals surface area contributed by atoms with Gasteiger partial charge in [0.25, 0.3) is 0 Å². The molecule has 1 N–H and O–H groups in total. The third-order valence-electron chi connectivity index (χ3n) is 3.64. The smallest absolute Gasteiger partial charge is 0.240 e. The largest absolute Gasteiger partial charge is 0.380 e. The summed E-state index contributed by atoms with van der Waals surface area (Å²) in [6, 6.07) is 6.78. The van der Waals surface area contributed by atoms with E-state index in [4.69, 9.17) is 4.74 Å². The van der Waals surface area contributed by atoms with E-state index in [0.29, 0.717) is 4.90 Å². The van der Waals surface area contributed by atoms with Crippen LogP contribution in [-0.2, 0) is 14.8 Å².